The summed E-state index contributed by atoms with van der Waals surface area (Å²) in [4.78, 5) is 23.7. The van der Waals surface area contributed by atoms with Crippen LogP contribution in [0.3, 0.4) is 0 Å². The SMILES string of the molecule is C#Cc1cccc2c(=O)cc(CNC(=O)OC(C)(C)C)oc12. The van der Waals surface area contributed by atoms with Gasteiger partial charge in [-0.2, -0.15) is 0 Å². The Labute approximate surface area is 128 Å². The highest BCUT2D eigenvalue weighted by Gasteiger charge is 2.16. The third kappa shape index (κ3) is 3.67. The van der Waals surface area contributed by atoms with Gasteiger partial charge in [0.1, 0.15) is 11.4 Å². The van der Waals surface area contributed by atoms with E-state index < -0.39 is 11.7 Å². The number of rotatable bonds is 2. The molecule has 0 atom stereocenters. The van der Waals surface area contributed by atoms with Crippen molar-refractivity contribution in [3.8, 4) is 12.3 Å². The third-order valence-corrected chi connectivity index (χ3v) is 2.77. The number of terminal acetylenes is 1. The second-order valence-corrected chi connectivity index (χ2v) is 5.76. The first kappa shape index (κ1) is 15.6. The molecule has 0 saturated carbocycles. The van der Waals surface area contributed by atoms with Gasteiger partial charge in [-0.05, 0) is 32.9 Å². The van der Waals surface area contributed by atoms with E-state index in [1.54, 1.807) is 39.0 Å². The first-order valence-electron chi connectivity index (χ1n) is 6.79. The Morgan fingerprint density at radius 2 is 2.14 bits per heavy atom. The van der Waals surface area contributed by atoms with Gasteiger partial charge in [-0.3, -0.25) is 4.79 Å². The maximum atomic E-state index is 12.1. The van der Waals surface area contributed by atoms with Gasteiger partial charge in [0.25, 0.3) is 0 Å². The molecule has 0 fully saturated rings. The summed E-state index contributed by atoms with van der Waals surface area (Å²) in [6, 6.07) is 6.37. The topological polar surface area (TPSA) is 68.5 Å². The monoisotopic (exact) mass is 299 g/mol. The van der Waals surface area contributed by atoms with Crippen molar-refractivity contribution in [1.29, 1.82) is 0 Å². The van der Waals surface area contributed by atoms with Crippen LogP contribution >= 0.6 is 0 Å². The minimum Gasteiger partial charge on any atom is -0.458 e. The highest BCUT2D eigenvalue weighted by molar-refractivity contribution is 5.82. The quantitative estimate of drug-likeness (QED) is 0.866. The van der Waals surface area contributed by atoms with Crippen LogP contribution in [0.5, 0.6) is 0 Å². The molecule has 1 N–H and O–H groups in total. The first-order valence-corrected chi connectivity index (χ1v) is 6.79. The smallest absolute Gasteiger partial charge is 0.408 e. The standard InChI is InChI=1S/C17H17NO4/c1-5-11-7-6-8-13-14(19)9-12(21-15(11)13)10-18-16(20)22-17(2,3)4/h1,6-9H,10H2,2-4H3,(H,18,20). The molecule has 0 aliphatic carbocycles. The van der Waals surface area contributed by atoms with Crippen molar-refractivity contribution >= 4 is 17.1 Å². The first-order chi connectivity index (χ1) is 10.3. The van der Waals surface area contributed by atoms with Crippen molar-refractivity contribution in [1.82, 2.24) is 5.32 Å². The Balaban J connectivity index is 2.25. The maximum Gasteiger partial charge on any atom is 0.408 e. The fourth-order valence-corrected chi connectivity index (χ4v) is 1.90. The summed E-state index contributed by atoms with van der Waals surface area (Å²) in [6.07, 6.45) is 4.82. The predicted octanol–water partition coefficient (Wildman–Crippen LogP) is 2.80. The van der Waals surface area contributed by atoms with Crippen molar-refractivity contribution in [3.63, 3.8) is 0 Å². The molecule has 114 valence electrons. The van der Waals surface area contributed by atoms with Crippen LogP contribution in [0.15, 0.2) is 33.5 Å². The molecule has 5 heteroatoms. The van der Waals surface area contributed by atoms with Crippen LogP contribution in [0.1, 0.15) is 32.1 Å². The number of benzene rings is 1. The molecule has 0 spiro atoms. The van der Waals surface area contributed by atoms with E-state index in [-0.39, 0.29) is 12.0 Å². The van der Waals surface area contributed by atoms with E-state index in [0.717, 1.165) is 0 Å². The number of hydrogen-bond donors (Lipinski definition) is 1. The summed E-state index contributed by atoms with van der Waals surface area (Å²) in [5.74, 6) is 2.79. The molecular formula is C17H17NO4. The second-order valence-electron chi connectivity index (χ2n) is 5.76. The number of carbonyl (C=O) groups excluding carboxylic acids is 1. The molecule has 1 aromatic heterocycles. The fraction of sp³-hybridized carbons (Fsp3) is 0.294. The average Bonchev–Trinajstić information content (AvgIpc) is 2.43. The molecule has 0 unspecified atom stereocenters. The molecule has 1 heterocycles. The molecule has 5 nitrogen and oxygen atoms in total. The van der Waals surface area contributed by atoms with Gasteiger partial charge in [-0.25, -0.2) is 4.79 Å². The Morgan fingerprint density at radius 3 is 2.77 bits per heavy atom. The van der Waals surface area contributed by atoms with Crippen LogP contribution < -0.4 is 10.7 Å². The Morgan fingerprint density at radius 1 is 1.41 bits per heavy atom. The predicted molar refractivity (Wildman–Crippen MR) is 83.5 cm³/mol. The number of carbonyl (C=O) groups is 1. The second kappa shape index (κ2) is 5.94. The van der Waals surface area contributed by atoms with E-state index in [1.165, 1.54) is 6.07 Å². The van der Waals surface area contributed by atoms with Gasteiger partial charge in [0.05, 0.1) is 17.5 Å². The zero-order valence-corrected chi connectivity index (χ0v) is 12.7. The van der Waals surface area contributed by atoms with Gasteiger partial charge < -0.3 is 14.5 Å². The Kier molecular flexibility index (Phi) is 4.22. The molecule has 2 aromatic rings. The lowest BCUT2D eigenvalue weighted by Crippen LogP contribution is -2.32. The van der Waals surface area contributed by atoms with E-state index in [0.29, 0.717) is 22.3 Å². The van der Waals surface area contributed by atoms with Gasteiger partial charge in [-0.1, -0.05) is 12.0 Å². The zero-order chi connectivity index (χ0) is 16.3. The van der Waals surface area contributed by atoms with E-state index in [1.807, 2.05) is 0 Å². The van der Waals surface area contributed by atoms with Crippen LogP contribution in [0.2, 0.25) is 0 Å². The number of amides is 1. The molecule has 2 rings (SSSR count). The molecule has 0 bridgehead atoms. The molecule has 0 aliphatic rings. The number of para-hydroxylation sites is 1. The fourth-order valence-electron chi connectivity index (χ4n) is 1.90. The van der Waals surface area contributed by atoms with E-state index in [2.05, 4.69) is 11.2 Å². The lowest BCUT2D eigenvalue weighted by atomic mass is 10.1. The summed E-state index contributed by atoms with van der Waals surface area (Å²) in [7, 11) is 0. The van der Waals surface area contributed by atoms with E-state index in [9.17, 15) is 9.59 Å². The summed E-state index contributed by atoms with van der Waals surface area (Å²) >= 11 is 0. The highest BCUT2D eigenvalue weighted by atomic mass is 16.6. The molecule has 1 aromatic carbocycles. The Bertz CT molecular complexity index is 806. The molecule has 0 saturated heterocycles. The van der Waals surface area contributed by atoms with Crippen molar-refractivity contribution in [2.75, 3.05) is 0 Å². The van der Waals surface area contributed by atoms with Crippen LogP contribution in [0.25, 0.3) is 11.0 Å². The third-order valence-electron chi connectivity index (χ3n) is 2.77. The molecule has 0 radical (unpaired) electrons. The van der Waals surface area contributed by atoms with Crippen molar-refractivity contribution in [3.05, 3.63) is 45.8 Å². The van der Waals surface area contributed by atoms with E-state index in [4.69, 9.17) is 15.6 Å². The Hall–Kier alpha value is -2.74. The van der Waals surface area contributed by atoms with Crippen LogP contribution in [0, 0.1) is 12.3 Å². The molecular weight excluding hydrogens is 282 g/mol. The van der Waals surface area contributed by atoms with Gasteiger partial charge in [0, 0.05) is 6.07 Å². The molecule has 0 aliphatic heterocycles. The number of fused-ring (bicyclic) bond motifs is 1. The zero-order valence-electron chi connectivity index (χ0n) is 12.7. The van der Waals surface area contributed by atoms with Gasteiger partial charge in [0.15, 0.2) is 11.0 Å². The molecule has 1 amide bonds. The maximum absolute atomic E-state index is 12.1. The number of nitrogens with one attached hydrogen (secondary N) is 1. The van der Waals surface area contributed by atoms with E-state index >= 15 is 0 Å². The summed E-state index contributed by atoms with van der Waals surface area (Å²) < 4.78 is 10.8. The normalized spacial score (nSPS) is 11.0. The van der Waals surface area contributed by atoms with Crippen LogP contribution in [-0.4, -0.2) is 11.7 Å². The van der Waals surface area contributed by atoms with Crippen molar-refractivity contribution in [2.24, 2.45) is 0 Å². The van der Waals surface area contributed by atoms with Gasteiger partial charge >= 0.3 is 6.09 Å². The van der Waals surface area contributed by atoms with Gasteiger partial charge in [0.2, 0.25) is 0 Å². The van der Waals surface area contributed by atoms with Gasteiger partial charge in [-0.15, -0.1) is 6.42 Å². The lowest BCUT2D eigenvalue weighted by molar-refractivity contribution is 0.0520. The molecule has 22 heavy (non-hydrogen) atoms. The number of ether oxygens (including phenoxy) is 1. The highest BCUT2D eigenvalue weighted by Crippen LogP contribution is 2.17. The largest absolute Gasteiger partial charge is 0.458 e. The van der Waals surface area contributed by atoms with Crippen molar-refractivity contribution < 1.29 is 13.9 Å². The summed E-state index contributed by atoms with van der Waals surface area (Å²) in [6.45, 7) is 5.34. The summed E-state index contributed by atoms with van der Waals surface area (Å²) in [5, 5.41) is 2.95. The minimum absolute atomic E-state index is 0.0407. The van der Waals surface area contributed by atoms with Crippen LogP contribution in [0.4, 0.5) is 4.79 Å². The van der Waals surface area contributed by atoms with Crippen LogP contribution in [-0.2, 0) is 11.3 Å². The minimum atomic E-state index is -0.592. The summed E-state index contributed by atoms with van der Waals surface area (Å²) in [5.41, 5.74) is 0.0387. The lowest BCUT2D eigenvalue weighted by Gasteiger charge is -2.19. The number of hydrogen-bond acceptors (Lipinski definition) is 4. The average molecular weight is 299 g/mol. The number of alkyl carbamates (subject to hydrolysis) is 1. The van der Waals surface area contributed by atoms with Crippen molar-refractivity contribution in [2.45, 2.75) is 32.9 Å².